The van der Waals surface area contributed by atoms with E-state index < -0.39 is 0 Å². The van der Waals surface area contributed by atoms with Crippen molar-refractivity contribution in [2.45, 2.75) is 44.2 Å². The summed E-state index contributed by atoms with van der Waals surface area (Å²) in [7, 11) is 0. The molecule has 2 aromatic heterocycles. The molecule has 0 amide bonds. The summed E-state index contributed by atoms with van der Waals surface area (Å²) in [6.07, 6.45) is 6.30. The fourth-order valence-electron chi connectivity index (χ4n) is 3.67. The first-order valence-corrected chi connectivity index (χ1v) is 9.21. The number of aromatic nitrogens is 1. The van der Waals surface area contributed by atoms with Crippen LogP contribution in [0.2, 0.25) is 0 Å². The molecule has 0 aromatic carbocycles. The highest BCUT2D eigenvalue weighted by Gasteiger charge is 2.43. The van der Waals surface area contributed by atoms with Gasteiger partial charge >= 0.3 is 0 Å². The highest BCUT2D eigenvalue weighted by Crippen LogP contribution is 2.33. The molecule has 2 fully saturated rings. The Labute approximate surface area is 141 Å². The summed E-state index contributed by atoms with van der Waals surface area (Å²) in [6.45, 7) is 3.50. The van der Waals surface area contributed by atoms with Gasteiger partial charge in [0.15, 0.2) is 0 Å². The van der Waals surface area contributed by atoms with E-state index in [1.807, 2.05) is 24.5 Å². The number of hydrogen-bond acceptors (Lipinski definition) is 5. The Hall–Kier alpha value is -1.27. The maximum atomic E-state index is 6.16. The number of hydrogen-bond donors (Lipinski definition) is 0. The number of rotatable bonds is 5. The van der Waals surface area contributed by atoms with Crippen molar-refractivity contribution in [2.75, 3.05) is 13.2 Å². The lowest BCUT2D eigenvalue weighted by atomic mass is 10.1. The molecular formula is C18H22N2O2S. The van der Waals surface area contributed by atoms with E-state index in [9.17, 15) is 0 Å². The van der Waals surface area contributed by atoms with Crippen LogP contribution in [0.15, 0.2) is 41.4 Å². The summed E-state index contributed by atoms with van der Waals surface area (Å²) >= 11 is 1.77. The Morgan fingerprint density at radius 1 is 1.22 bits per heavy atom. The Balaban J connectivity index is 1.37. The minimum atomic E-state index is 0.207. The molecule has 3 atom stereocenters. The van der Waals surface area contributed by atoms with Gasteiger partial charge in [0.1, 0.15) is 0 Å². The Bertz CT molecular complexity index is 605. The van der Waals surface area contributed by atoms with Gasteiger partial charge in [-0.25, -0.2) is 0 Å². The van der Waals surface area contributed by atoms with E-state index in [0.29, 0.717) is 12.6 Å². The Morgan fingerprint density at radius 2 is 2.13 bits per heavy atom. The van der Waals surface area contributed by atoms with Gasteiger partial charge in [-0.05, 0) is 52.9 Å². The van der Waals surface area contributed by atoms with Crippen LogP contribution in [0.1, 0.15) is 24.0 Å². The number of thiophene rings is 1. The molecule has 1 aliphatic carbocycles. The fourth-order valence-corrected chi connectivity index (χ4v) is 4.33. The lowest BCUT2D eigenvalue weighted by Crippen LogP contribution is -2.51. The zero-order valence-electron chi connectivity index (χ0n) is 13.1. The van der Waals surface area contributed by atoms with Crippen molar-refractivity contribution < 1.29 is 9.47 Å². The second-order valence-corrected chi connectivity index (χ2v) is 7.07. The highest BCUT2D eigenvalue weighted by molar-refractivity contribution is 7.07. The van der Waals surface area contributed by atoms with Crippen LogP contribution in [0, 0.1) is 0 Å². The van der Waals surface area contributed by atoms with Gasteiger partial charge < -0.3 is 9.47 Å². The first kappa shape index (κ1) is 15.3. The molecule has 0 N–H and O–H groups in total. The molecule has 0 unspecified atom stereocenters. The number of nitrogens with zero attached hydrogens (tertiary/aromatic N) is 2. The maximum Gasteiger partial charge on any atom is 0.0992 e. The van der Waals surface area contributed by atoms with Crippen molar-refractivity contribution in [1.82, 2.24) is 9.88 Å². The summed E-state index contributed by atoms with van der Waals surface area (Å²) in [6, 6.07) is 6.74. The maximum absolute atomic E-state index is 6.16. The van der Waals surface area contributed by atoms with Gasteiger partial charge in [0, 0.05) is 31.5 Å². The second kappa shape index (κ2) is 7.09. The van der Waals surface area contributed by atoms with Crippen LogP contribution in [0.5, 0.6) is 0 Å². The van der Waals surface area contributed by atoms with E-state index in [2.05, 4.69) is 26.7 Å². The molecule has 122 valence electrons. The summed E-state index contributed by atoms with van der Waals surface area (Å²) < 4.78 is 12.2. The lowest BCUT2D eigenvalue weighted by Gasteiger charge is -2.39. The normalized spacial score (nSPS) is 27.9. The van der Waals surface area contributed by atoms with Crippen LogP contribution in [0.4, 0.5) is 0 Å². The molecule has 1 saturated heterocycles. The van der Waals surface area contributed by atoms with Crippen LogP contribution in [0.25, 0.3) is 0 Å². The first-order chi connectivity index (χ1) is 11.4. The Morgan fingerprint density at radius 3 is 2.96 bits per heavy atom. The summed E-state index contributed by atoms with van der Waals surface area (Å²) in [4.78, 5) is 6.63. The Kier molecular flexibility index (Phi) is 4.71. The van der Waals surface area contributed by atoms with Crippen molar-refractivity contribution in [1.29, 1.82) is 0 Å². The average Bonchev–Trinajstić information content (AvgIpc) is 3.24. The fraction of sp³-hybridized carbons (Fsp3) is 0.500. The van der Waals surface area contributed by atoms with Crippen molar-refractivity contribution in [3.8, 4) is 0 Å². The van der Waals surface area contributed by atoms with Gasteiger partial charge in [-0.1, -0.05) is 0 Å². The predicted molar refractivity (Wildman–Crippen MR) is 90.3 cm³/mol. The average molecular weight is 330 g/mol. The monoisotopic (exact) mass is 330 g/mol. The zero-order chi connectivity index (χ0) is 15.5. The predicted octanol–water partition coefficient (Wildman–Crippen LogP) is 3.09. The van der Waals surface area contributed by atoms with Crippen LogP contribution in [-0.4, -0.2) is 41.3 Å². The number of fused-ring (bicyclic) bond motifs is 1. The van der Waals surface area contributed by atoms with Crippen molar-refractivity contribution >= 4 is 11.3 Å². The van der Waals surface area contributed by atoms with Gasteiger partial charge in [-0.2, -0.15) is 11.3 Å². The number of pyridine rings is 1. The highest BCUT2D eigenvalue weighted by atomic mass is 32.1. The van der Waals surface area contributed by atoms with Gasteiger partial charge in [-0.15, -0.1) is 0 Å². The molecule has 0 spiro atoms. The van der Waals surface area contributed by atoms with E-state index in [4.69, 9.17) is 9.47 Å². The minimum Gasteiger partial charge on any atom is -0.373 e. The van der Waals surface area contributed by atoms with Gasteiger partial charge in [-0.3, -0.25) is 9.88 Å². The van der Waals surface area contributed by atoms with Crippen LogP contribution >= 0.6 is 11.3 Å². The van der Waals surface area contributed by atoms with Crippen molar-refractivity contribution in [2.24, 2.45) is 0 Å². The zero-order valence-corrected chi connectivity index (χ0v) is 14.0. The first-order valence-electron chi connectivity index (χ1n) is 8.27. The van der Waals surface area contributed by atoms with Crippen LogP contribution in [-0.2, 0) is 22.6 Å². The molecule has 2 aromatic rings. The standard InChI is InChI=1S/C18H22N2O2S/c1-2-17(22-12-14-3-6-19-7-4-14)18-16(1)20(8-9-21-18)11-15-5-10-23-13-15/h3-7,10,13,16-18H,1-2,8-9,11-12H2/t16-,17-,18+/m0/s1. The molecule has 3 heterocycles. The largest absolute Gasteiger partial charge is 0.373 e. The van der Waals surface area contributed by atoms with E-state index in [1.165, 1.54) is 11.1 Å². The second-order valence-electron chi connectivity index (χ2n) is 6.29. The van der Waals surface area contributed by atoms with E-state index >= 15 is 0 Å². The lowest BCUT2D eigenvalue weighted by molar-refractivity contribution is -0.118. The molecule has 1 saturated carbocycles. The molecule has 1 aliphatic heterocycles. The van der Waals surface area contributed by atoms with E-state index in [1.54, 1.807) is 11.3 Å². The van der Waals surface area contributed by atoms with E-state index in [-0.39, 0.29) is 12.2 Å². The molecule has 0 bridgehead atoms. The third-order valence-corrected chi connectivity index (χ3v) is 5.56. The minimum absolute atomic E-state index is 0.207. The topological polar surface area (TPSA) is 34.6 Å². The molecule has 4 rings (SSSR count). The summed E-state index contributed by atoms with van der Waals surface area (Å²) in [5.74, 6) is 0. The number of morpholine rings is 1. The third-order valence-electron chi connectivity index (χ3n) is 4.83. The molecule has 2 aliphatic rings. The van der Waals surface area contributed by atoms with Crippen molar-refractivity contribution in [3.05, 3.63) is 52.5 Å². The van der Waals surface area contributed by atoms with Crippen molar-refractivity contribution in [3.63, 3.8) is 0 Å². The summed E-state index contributed by atoms with van der Waals surface area (Å²) in [5, 5.41) is 4.40. The van der Waals surface area contributed by atoms with Gasteiger partial charge in [0.2, 0.25) is 0 Å². The third kappa shape index (κ3) is 3.48. The molecule has 5 heteroatoms. The SMILES string of the molecule is c1cc(CO[C@H]2CC[C@H]3[C@H]2OCCN3Cc2ccsc2)ccn1. The molecular weight excluding hydrogens is 308 g/mol. The number of ether oxygens (including phenoxy) is 2. The van der Waals surface area contributed by atoms with Crippen LogP contribution in [0.3, 0.4) is 0 Å². The quantitative estimate of drug-likeness (QED) is 0.844. The van der Waals surface area contributed by atoms with Gasteiger partial charge in [0.25, 0.3) is 0 Å². The van der Waals surface area contributed by atoms with Gasteiger partial charge in [0.05, 0.1) is 25.4 Å². The molecule has 4 nitrogen and oxygen atoms in total. The summed E-state index contributed by atoms with van der Waals surface area (Å²) in [5.41, 5.74) is 2.59. The van der Waals surface area contributed by atoms with E-state index in [0.717, 1.165) is 32.5 Å². The molecule has 0 radical (unpaired) electrons. The van der Waals surface area contributed by atoms with Crippen LogP contribution < -0.4 is 0 Å². The molecule has 23 heavy (non-hydrogen) atoms. The smallest absolute Gasteiger partial charge is 0.0992 e.